The fourth-order valence-electron chi connectivity index (χ4n) is 5.80. The average molecular weight is 513 g/mol. The summed E-state index contributed by atoms with van der Waals surface area (Å²) in [6.45, 7) is 4.71. The molecule has 1 aromatic carbocycles. The summed E-state index contributed by atoms with van der Waals surface area (Å²) in [6, 6.07) is 11.2. The van der Waals surface area contributed by atoms with E-state index in [9.17, 15) is 8.42 Å². The largest absolute Gasteiger partial charge is 0.443 e. The van der Waals surface area contributed by atoms with Gasteiger partial charge in [0, 0.05) is 51.0 Å². The molecule has 35 heavy (non-hydrogen) atoms. The number of piperazine rings is 1. The zero-order valence-electron chi connectivity index (χ0n) is 19.9. The van der Waals surface area contributed by atoms with Gasteiger partial charge in [-0.15, -0.1) is 11.3 Å². The number of sulfonamides is 1. The second-order valence-electron chi connectivity index (χ2n) is 9.80. The Labute approximate surface area is 211 Å². The van der Waals surface area contributed by atoms with Crippen LogP contribution in [0.4, 0.5) is 5.69 Å². The normalized spacial score (nSPS) is 20.7. The Balaban J connectivity index is 1.10. The summed E-state index contributed by atoms with van der Waals surface area (Å²) in [6.07, 6.45) is 10.7. The van der Waals surface area contributed by atoms with Gasteiger partial charge in [-0.05, 0) is 61.1 Å². The van der Waals surface area contributed by atoms with E-state index in [1.54, 1.807) is 22.6 Å². The van der Waals surface area contributed by atoms with Crippen molar-refractivity contribution in [3.8, 4) is 10.6 Å². The summed E-state index contributed by atoms with van der Waals surface area (Å²) < 4.78 is 33.8. The predicted molar refractivity (Wildman–Crippen MR) is 138 cm³/mol. The smallest absolute Gasteiger partial charge is 0.252 e. The van der Waals surface area contributed by atoms with Crippen LogP contribution in [0.1, 0.15) is 36.8 Å². The Kier molecular flexibility index (Phi) is 6.43. The number of hydrogen-bond donors (Lipinski definition) is 0. The molecule has 0 atom stereocenters. The molecule has 3 aromatic rings. The zero-order chi connectivity index (χ0) is 23.8. The van der Waals surface area contributed by atoms with Gasteiger partial charge >= 0.3 is 0 Å². The molecule has 0 N–H and O–H groups in total. The minimum absolute atomic E-state index is 0.356. The molecule has 1 saturated carbocycles. The average Bonchev–Trinajstić information content (AvgIpc) is 3.65. The van der Waals surface area contributed by atoms with E-state index in [1.807, 2.05) is 0 Å². The molecular formula is C26H32N4O3S2. The highest BCUT2D eigenvalue weighted by Gasteiger charge is 2.31. The molecule has 4 heterocycles. The molecule has 0 spiro atoms. The Morgan fingerprint density at radius 2 is 1.69 bits per heavy atom. The van der Waals surface area contributed by atoms with Crippen LogP contribution >= 0.6 is 11.3 Å². The molecule has 0 bridgehead atoms. The van der Waals surface area contributed by atoms with E-state index in [-0.39, 0.29) is 0 Å². The van der Waals surface area contributed by atoms with Crippen LogP contribution in [0, 0.1) is 0 Å². The Morgan fingerprint density at radius 3 is 2.43 bits per heavy atom. The van der Waals surface area contributed by atoms with E-state index in [1.165, 1.54) is 66.8 Å². The van der Waals surface area contributed by atoms with Crippen molar-refractivity contribution < 1.29 is 12.8 Å². The fraction of sp³-hybridized carbons (Fsp3) is 0.500. The molecule has 7 nitrogen and oxygen atoms in total. The van der Waals surface area contributed by atoms with Crippen molar-refractivity contribution in [3.05, 3.63) is 54.0 Å². The highest BCUT2D eigenvalue weighted by atomic mass is 32.2. The maximum atomic E-state index is 13.2. The predicted octanol–water partition coefficient (Wildman–Crippen LogP) is 4.26. The van der Waals surface area contributed by atoms with Gasteiger partial charge in [0.1, 0.15) is 4.21 Å². The number of fused-ring (bicyclic) bond motifs is 1. The van der Waals surface area contributed by atoms with Crippen molar-refractivity contribution in [1.29, 1.82) is 0 Å². The van der Waals surface area contributed by atoms with Crippen LogP contribution in [0.2, 0.25) is 0 Å². The van der Waals surface area contributed by atoms with Crippen molar-refractivity contribution in [2.24, 2.45) is 0 Å². The summed E-state index contributed by atoms with van der Waals surface area (Å²) in [7, 11) is -3.51. The van der Waals surface area contributed by atoms with Crippen molar-refractivity contribution in [1.82, 2.24) is 14.2 Å². The first kappa shape index (κ1) is 23.2. The quantitative estimate of drug-likeness (QED) is 0.509. The van der Waals surface area contributed by atoms with Gasteiger partial charge in [0.15, 0.2) is 12.2 Å². The molecule has 0 radical (unpaired) electrons. The van der Waals surface area contributed by atoms with Gasteiger partial charge in [-0.3, -0.25) is 4.90 Å². The molecule has 2 aliphatic heterocycles. The van der Waals surface area contributed by atoms with Crippen molar-refractivity contribution in [2.75, 3.05) is 44.2 Å². The van der Waals surface area contributed by atoms with E-state index < -0.39 is 10.0 Å². The van der Waals surface area contributed by atoms with Gasteiger partial charge in [-0.2, -0.15) is 4.31 Å². The fourth-order valence-corrected chi connectivity index (χ4v) is 8.64. The Hall–Kier alpha value is -2.20. The standard InChI is InChI=1S/C26H32N4O3S2/c31-35(32,26-8-7-25(34-26)24-18-27-19-33-24)30-15-13-29(14-16-30)23-6-5-20-9-11-28(12-10-21(20)17-23)22-3-1-2-4-22/h5-8,17-19,22H,1-4,9-16H2. The first-order valence-electron chi connectivity index (χ1n) is 12.7. The van der Waals surface area contributed by atoms with Crippen LogP contribution in [0.3, 0.4) is 0 Å². The van der Waals surface area contributed by atoms with E-state index in [4.69, 9.17) is 4.42 Å². The maximum absolute atomic E-state index is 13.2. The van der Waals surface area contributed by atoms with Gasteiger partial charge in [0.2, 0.25) is 0 Å². The first-order chi connectivity index (χ1) is 17.1. The number of rotatable bonds is 5. The Bertz CT molecular complexity index is 1260. The van der Waals surface area contributed by atoms with Crippen LogP contribution in [0.15, 0.2) is 51.5 Å². The van der Waals surface area contributed by atoms with Gasteiger partial charge in [0.05, 0.1) is 11.1 Å². The molecule has 1 aliphatic carbocycles. The van der Waals surface area contributed by atoms with Crippen molar-refractivity contribution >= 4 is 27.0 Å². The molecule has 0 unspecified atom stereocenters. The zero-order valence-corrected chi connectivity index (χ0v) is 21.6. The Morgan fingerprint density at radius 1 is 0.914 bits per heavy atom. The SMILES string of the molecule is O=S(=O)(c1ccc(-c2cnco2)s1)N1CCN(c2ccc3c(c2)CCN(C2CCCC2)CC3)CC1. The number of hydrogen-bond acceptors (Lipinski definition) is 7. The van der Waals surface area contributed by atoms with E-state index in [0.29, 0.717) is 36.1 Å². The lowest BCUT2D eigenvalue weighted by Gasteiger charge is -2.35. The molecule has 186 valence electrons. The summed E-state index contributed by atoms with van der Waals surface area (Å²) >= 11 is 1.23. The van der Waals surface area contributed by atoms with Crippen LogP contribution in [-0.4, -0.2) is 67.9 Å². The van der Waals surface area contributed by atoms with Crippen molar-refractivity contribution in [3.63, 3.8) is 0 Å². The number of anilines is 1. The van der Waals surface area contributed by atoms with Crippen LogP contribution in [0.25, 0.3) is 10.6 Å². The van der Waals surface area contributed by atoms with Gasteiger partial charge in [0.25, 0.3) is 10.0 Å². The molecule has 0 amide bonds. The van der Waals surface area contributed by atoms with E-state index in [2.05, 4.69) is 33.0 Å². The molecule has 9 heteroatoms. The third-order valence-electron chi connectivity index (χ3n) is 7.82. The third kappa shape index (κ3) is 4.67. The number of oxazole rings is 1. The summed E-state index contributed by atoms with van der Waals surface area (Å²) in [5, 5.41) is 0. The van der Waals surface area contributed by atoms with Gasteiger partial charge in [-0.25, -0.2) is 13.4 Å². The third-order valence-corrected chi connectivity index (χ3v) is 11.3. The monoisotopic (exact) mass is 512 g/mol. The number of nitrogens with zero attached hydrogens (tertiary/aromatic N) is 4. The maximum Gasteiger partial charge on any atom is 0.252 e. The summed E-state index contributed by atoms with van der Waals surface area (Å²) in [5.74, 6) is 0.593. The molecular weight excluding hydrogens is 480 g/mol. The van der Waals surface area contributed by atoms with Crippen molar-refractivity contribution in [2.45, 2.75) is 48.8 Å². The highest BCUT2D eigenvalue weighted by Crippen LogP contribution is 2.33. The lowest BCUT2D eigenvalue weighted by molar-refractivity contribution is 0.208. The van der Waals surface area contributed by atoms with Crippen LogP contribution in [0.5, 0.6) is 0 Å². The van der Waals surface area contributed by atoms with Gasteiger partial charge < -0.3 is 9.32 Å². The number of thiophene rings is 1. The van der Waals surface area contributed by atoms with Crippen LogP contribution < -0.4 is 4.90 Å². The minimum Gasteiger partial charge on any atom is -0.443 e. The number of aromatic nitrogens is 1. The summed E-state index contributed by atoms with van der Waals surface area (Å²) in [4.78, 5) is 9.75. The molecule has 1 saturated heterocycles. The van der Waals surface area contributed by atoms with E-state index in [0.717, 1.165) is 30.3 Å². The van der Waals surface area contributed by atoms with E-state index >= 15 is 0 Å². The topological polar surface area (TPSA) is 69.9 Å². The lowest BCUT2D eigenvalue weighted by atomic mass is 10.0. The number of benzene rings is 1. The summed E-state index contributed by atoms with van der Waals surface area (Å²) in [5.41, 5.74) is 4.17. The molecule has 2 aromatic heterocycles. The lowest BCUT2D eigenvalue weighted by Crippen LogP contribution is -2.48. The molecule has 6 rings (SSSR count). The molecule has 2 fully saturated rings. The van der Waals surface area contributed by atoms with Gasteiger partial charge in [-0.1, -0.05) is 18.9 Å². The minimum atomic E-state index is -3.51. The first-order valence-corrected chi connectivity index (χ1v) is 14.9. The van der Waals surface area contributed by atoms with Crippen LogP contribution in [-0.2, 0) is 22.9 Å². The highest BCUT2D eigenvalue weighted by molar-refractivity contribution is 7.91. The second-order valence-corrected chi connectivity index (χ2v) is 13.1. The molecule has 3 aliphatic rings. The second kappa shape index (κ2) is 9.69.